The number of carbonyl (C=O) groups excluding carboxylic acids is 2. The molecule has 0 heterocycles. The van der Waals surface area contributed by atoms with Gasteiger partial charge in [-0.2, -0.15) is 0 Å². The Morgan fingerprint density at radius 3 is 2.83 bits per heavy atom. The minimum Gasteiger partial charge on any atom is -0.478 e. The summed E-state index contributed by atoms with van der Waals surface area (Å²) in [7, 11) is 0. The van der Waals surface area contributed by atoms with Gasteiger partial charge >= 0.3 is 12.1 Å². The molecule has 7 atom stereocenters. The zero-order chi connectivity index (χ0) is 26.2. The Morgan fingerprint density at radius 1 is 1.37 bits per heavy atom. The minimum absolute atomic E-state index is 0.00473. The average molecular weight is 424 g/mol. The third-order valence-corrected chi connectivity index (χ3v) is 8.35. The van der Waals surface area contributed by atoms with Gasteiger partial charge in [0.05, 0.1) is 15.4 Å². The first-order chi connectivity index (χ1) is 16.0. The summed E-state index contributed by atoms with van der Waals surface area (Å²) < 4.78 is 46.4. The largest absolute Gasteiger partial charge is 0.509 e. The third-order valence-electron chi connectivity index (χ3n) is 8.35. The summed E-state index contributed by atoms with van der Waals surface area (Å²) in [5, 5.41) is 21.6. The Bertz CT molecular complexity index is 1020. The molecule has 3 saturated carbocycles. The lowest BCUT2D eigenvalue weighted by Gasteiger charge is -2.59. The van der Waals surface area contributed by atoms with Crippen LogP contribution in [0.5, 0.6) is 0 Å². The molecule has 7 heteroatoms. The van der Waals surface area contributed by atoms with Gasteiger partial charge in [-0.05, 0) is 62.9 Å². The smallest absolute Gasteiger partial charge is 0.478 e. The molecule has 0 aromatic heterocycles. The van der Waals surface area contributed by atoms with E-state index in [9.17, 15) is 24.6 Å². The first-order valence-corrected chi connectivity index (χ1v) is 10.3. The van der Waals surface area contributed by atoms with E-state index in [0.717, 1.165) is 5.57 Å². The highest BCUT2D eigenvalue weighted by Crippen LogP contribution is 2.67. The van der Waals surface area contributed by atoms with Gasteiger partial charge in [0.1, 0.15) is 0 Å². The zero-order valence-corrected chi connectivity index (χ0v) is 17.0. The van der Waals surface area contributed by atoms with Crippen LogP contribution in [0.3, 0.4) is 0 Å². The topological polar surface area (TPSA) is 110 Å². The van der Waals surface area contributed by atoms with Crippen LogP contribution in [0.15, 0.2) is 23.8 Å². The molecule has 30 heavy (non-hydrogen) atoms. The van der Waals surface area contributed by atoms with E-state index < -0.39 is 48.1 Å². The Kier molecular flexibility index (Phi) is 3.61. The van der Waals surface area contributed by atoms with Crippen LogP contribution in [-0.2, 0) is 19.1 Å². The fourth-order valence-corrected chi connectivity index (χ4v) is 7.08. The van der Waals surface area contributed by atoms with Crippen molar-refractivity contribution in [3.63, 3.8) is 0 Å². The fraction of sp³-hybridized carbons (Fsp3) is 0.696. The van der Waals surface area contributed by atoms with Gasteiger partial charge in [-0.15, -0.1) is 0 Å². The molecule has 0 radical (unpaired) electrons. The second-order valence-electron chi connectivity index (χ2n) is 9.44. The highest BCUT2D eigenvalue weighted by atomic mass is 16.7. The molecule has 0 spiro atoms. The van der Waals surface area contributed by atoms with E-state index in [-0.39, 0.29) is 36.4 Å². The average Bonchev–Trinajstić information content (AvgIpc) is 2.99. The number of carbonyl (C=O) groups is 3. The maximum Gasteiger partial charge on any atom is 0.509 e. The van der Waals surface area contributed by atoms with Crippen LogP contribution >= 0.6 is 0 Å². The second kappa shape index (κ2) is 6.94. The van der Waals surface area contributed by atoms with E-state index in [1.807, 2.05) is 13.0 Å². The van der Waals surface area contributed by atoms with Crippen LogP contribution in [0, 0.1) is 28.6 Å². The SMILES string of the molecule is [2H]C([2H])([2H])C([2H])([2H])OC(=O)O[C@]1(C(=O)O)CC[C@H]2[C@@H]3CCC4=CC(=O)C=C[C@]4(C)[C@H]3[C@@H](O)C[C@@]21C. The van der Waals surface area contributed by atoms with E-state index in [0.29, 0.717) is 19.3 Å². The molecule has 7 nitrogen and oxygen atoms in total. The molecule has 2 N–H and O–H groups in total. The maximum absolute atomic E-state index is 12.6. The summed E-state index contributed by atoms with van der Waals surface area (Å²) in [5.74, 6) is -2.17. The van der Waals surface area contributed by atoms with E-state index in [1.165, 1.54) is 6.08 Å². The number of aliphatic hydroxyl groups is 1. The van der Waals surface area contributed by atoms with E-state index in [1.54, 1.807) is 13.0 Å². The summed E-state index contributed by atoms with van der Waals surface area (Å²) in [6.07, 6.45) is 3.81. The Labute approximate surface area is 183 Å². The molecule has 0 amide bonds. The number of allylic oxidation sites excluding steroid dienone is 4. The van der Waals surface area contributed by atoms with Crippen molar-refractivity contribution in [2.24, 2.45) is 28.6 Å². The number of rotatable bonds is 3. The van der Waals surface area contributed by atoms with Gasteiger partial charge in [-0.1, -0.05) is 25.5 Å². The zero-order valence-electron chi connectivity index (χ0n) is 22.0. The minimum atomic E-state index is -3.37. The Balaban J connectivity index is 1.66. The quantitative estimate of drug-likeness (QED) is 0.670. The van der Waals surface area contributed by atoms with Crippen molar-refractivity contribution >= 4 is 17.9 Å². The van der Waals surface area contributed by atoms with Gasteiger partial charge in [-0.3, -0.25) is 4.79 Å². The Hall–Kier alpha value is -2.15. The van der Waals surface area contributed by atoms with Crippen molar-refractivity contribution < 1.29 is 40.9 Å². The van der Waals surface area contributed by atoms with Crippen molar-refractivity contribution in [1.82, 2.24) is 0 Å². The predicted molar refractivity (Wildman–Crippen MR) is 106 cm³/mol. The van der Waals surface area contributed by atoms with E-state index in [4.69, 9.17) is 11.6 Å². The molecule has 0 aromatic carbocycles. The normalized spacial score (nSPS) is 47.8. The van der Waals surface area contributed by atoms with Gasteiger partial charge < -0.3 is 19.7 Å². The number of carboxylic acid groups (broad SMARTS) is 1. The van der Waals surface area contributed by atoms with Crippen molar-refractivity contribution in [3.05, 3.63) is 23.8 Å². The molecular weight excluding hydrogens is 388 g/mol. The molecule has 0 saturated heterocycles. The van der Waals surface area contributed by atoms with Crippen molar-refractivity contribution in [2.75, 3.05) is 6.56 Å². The van der Waals surface area contributed by atoms with Gasteiger partial charge in [0.15, 0.2) is 5.78 Å². The molecule has 0 bridgehead atoms. The van der Waals surface area contributed by atoms with Crippen LogP contribution in [0.4, 0.5) is 4.79 Å². The van der Waals surface area contributed by atoms with Crippen molar-refractivity contribution in [1.29, 1.82) is 0 Å². The molecular formula is C23H30O7. The number of ether oxygens (including phenoxy) is 2. The van der Waals surface area contributed by atoms with Crippen molar-refractivity contribution in [3.8, 4) is 0 Å². The second-order valence-corrected chi connectivity index (χ2v) is 9.44. The molecule has 0 unspecified atom stereocenters. The highest BCUT2D eigenvalue weighted by Gasteiger charge is 2.71. The van der Waals surface area contributed by atoms with Gasteiger partial charge in [-0.25, -0.2) is 9.59 Å². The summed E-state index contributed by atoms with van der Waals surface area (Å²) in [6.45, 7) is -3.03. The van der Waals surface area contributed by atoms with Gasteiger partial charge in [0.25, 0.3) is 0 Å². The molecule has 0 aliphatic heterocycles. The molecule has 164 valence electrons. The predicted octanol–water partition coefficient (Wildman–Crippen LogP) is 3.26. The first kappa shape index (κ1) is 15.6. The number of carboxylic acids is 1. The van der Waals surface area contributed by atoms with Crippen molar-refractivity contribution in [2.45, 2.75) is 64.5 Å². The number of aliphatic hydroxyl groups excluding tert-OH is 1. The van der Waals surface area contributed by atoms with E-state index >= 15 is 0 Å². The lowest BCUT2D eigenvalue weighted by molar-refractivity contribution is -0.196. The number of ketones is 1. The van der Waals surface area contributed by atoms with Gasteiger partial charge in [0, 0.05) is 20.9 Å². The van der Waals surface area contributed by atoms with Gasteiger partial charge in [0.2, 0.25) is 5.60 Å². The molecule has 4 rings (SSSR count). The fourth-order valence-electron chi connectivity index (χ4n) is 7.08. The maximum atomic E-state index is 12.6. The monoisotopic (exact) mass is 423 g/mol. The highest BCUT2D eigenvalue weighted by molar-refractivity contribution is 6.01. The molecule has 4 aliphatic rings. The van der Waals surface area contributed by atoms with Crippen LogP contribution in [0.25, 0.3) is 0 Å². The lowest BCUT2D eigenvalue weighted by atomic mass is 9.46. The lowest BCUT2D eigenvalue weighted by Crippen LogP contribution is -2.62. The standard InChI is InChI=1S/C23H30O7/c1-4-29-20(28)30-23(19(26)27)10-8-16-15-6-5-13-11-14(24)7-9-21(13,2)18(15)17(25)12-22(16,23)3/h7,9,11,15-18,25H,4-6,8,10,12H2,1-3H3,(H,26,27)/t15-,16-,17-,18+,21-,22-,23-/m0/s1/i1D3,4D2. The molecule has 3 fully saturated rings. The summed E-state index contributed by atoms with van der Waals surface area (Å²) in [4.78, 5) is 37.1. The number of hydrogen-bond acceptors (Lipinski definition) is 6. The van der Waals surface area contributed by atoms with Crippen LogP contribution < -0.4 is 0 Å². The number of aliphatic carboxylic acids is 1. The van der Waals surface area contributed by atoms with Crippen LogP contribution in [0.1, 0.15) is 59.7 Å². The molecule has 0 aromatic rings. The Morgan fingerprint density at radius 2 is 2.13 bits per heavy atom. The number of hydrogen-bond donors (Lipinski definition) is 2. The van der Waals surface area contributed by atoms with E-state index in [2.05, 4.69) is 4.74 Å². The summed E-state index contributed by atoms with van der Waals surface area (Å²) >= 11 is 0. The molecule has 4 aliphatic carbocycles. The van der Waals surface area contributed by atoms with Crippen LogP contribution in [-0.4, -0.2) is 46.4 Å². The third kappa shape index (κ3) is 2.70. The summed E-state index contributed by atoms with van der Waals surface area (Å²) in [6, 6.07) is 0. The summed E-state index contributed by atoms with van der Waals surface area (Å²) in [5.41, 5.74) is -2.94. The number of fused-ring (bicyclic) bond motifs is 5. The van der Waals surface area contributed by atoms with Crippen LogP contribution in [0.2, 0.25) is 0 Å². The first-order valence-electron chi connectivity index (χ1n) is 12.8.